The van der Waals surface area contributed by atoms with E-state index in [1.165, 1.54) is 18.3 Å². The molecule has 1 fully saturated rings. The molecule has 0 atom stereocenters. The lowest BCUT2D eigenvalue weighted by atomic mass is 10.2. The van der Waals surface area contributed by atoms with Gasteiger partial charge in [0.25, 0.3) is 0 Å². The number of hydrogen-bond donors (Lipinski definition) is 2. The molecule has 1 aliphatic rings. The lowest BCUT2D eigenvalue weighted by molar-refractivity contribution is -0.111. The van der Waals surface area contributed by atoms with Gasteiger partial charge in [-0.25, -0.2) is 9.37 Å². The predicted molar refractivity (Wildman–Crippen MR) is 148 cm³/mol. The van der Waals surface area contributed by atoms with E-state index in [9.17, 15) is 9.59 Å². The van der Waals surface area contributed by atoms with Crippen LogP contribution >= 0.6 is 0 Å². The van der Waals surface area contributed by atoms with Gasteiger partial charge in [0.15, 0.2) is 11.1 Å². The fourth-order valence-electron chi connectivity index (χ4n) is 4.41. The summed E-state index contributed by atoms with van der Waals surface area (Å²) in [5, 5.41) is 6.00. The second kappa shape index (κ2) is 10.4. The number of amides is 1. The van der Waals surface area contributed by atoms with Gasteiger partial charge >= 0.3 is 0 Å². The average Bonchev–Trinajstić information content (AvgIpc) is 2.92. The van der Waals surface area contributed by atoms with Crippen molar-refractivity contribution in [2.45, 2.75) is 6.92 Å². The average molecular weight is 514 g/mol. The highest BCUT2D eigenvalue weighted by Gasteiger charge is 2.17. The lowest BCUT2D eigenvalue weighted by Crippen LogP contribution is -2.44. The molecular weight excluding hydrogens is 485 g/mol. The first-order chi connectivity index (χ1) is 18.3. The van der Waals surface area contributed by atoms with Gasteiger partial charge in [0.2, 0.25) is 11.9 Å². The number of anilines is 4. The summed E-state index contributed by atoms with van der Waals surface area (Å²) >= 11 is 0. The number of rotatable bonds is 6. The fourth-order valence-corrected chi connectivity index (χ4v) is 4.41. The molecule has 0 aliphatic carbocycles. The van der Waals surface area contributed by atoms with Gasteiger partial charge in [-0.1, -0.05) is 12.6 Å². The summed E-state index contributed by atoms with van der Waals surface area (Å²) in [4.78, 5) is 37.9. The summed E-state index contributed by atoms with van der Waals surface area (Å²) in [6, 6.07) is 12.2. The van der Waals surface area contributed by atoms with Crippen molar-refractivity contribution in [2.75, 3.05) is 48.8 Å². The second-order valence-electron chi connectivity index (χ2n) is 9.27. The van der Waals surface area contributed by atoms with Crippen LogP contribution in [0, 0.1) is 12.7 Å². The summed E-state index contributed by atoms with van der Waals surface area (Å²) in [5.74, 6) is -0.605. The van der Waals surface area contributed by atoms with Gasteiger partial charge in [-0.2, -0.15) is 4.98 Å². The SMILES string of the molecule is C=CC(=O)Nc1cccc(-n2cc(C)c(=O)c3cnc(Nc4ccc(N5CCN(C)CC5)cc4F)nc32)c1. The molecule has 4 aromatic rings. The molecule has 38 heavy (non-hydrogen) atoms. The third kappa shape index (κ3) is 5.12. The molecule has 3 heterocycles. The third-order valence-corrected chi connectivity index (χ3v) is 6.57. The molecule has 0 saturated carbocycles. The van der Waals surface area contributed by atoms with Gasteiger partial charge in [0.05, 0.1) is 11.1 Å². The van der Waals surface area contributed by atoms with Crippen molar-refractivity contribution in [2.24, 2.45) is 0 Å². The van der Waals surface area contributed by atoms with Crippen LogP contribution in [0.15, 0.2) is 72.3 Å². The van der Waals surface area contributed by atoms with Crippen LogP contribution < -0.4 is 21.0 Å². The fraction of sp³-hybridized carbons (Fsp3) is 0.214. The maximum atomic E-state index is 15.1. The maximum absolute atomic E-state index is 15.1. The first-order valence-electron chi connectivity index (χ1n) is 12.3. The summed E-state index contributed by atoms with van der Waals surface area (Å²) < 4.78 is 16.8. The monoisotopic (exact) mass is 513 g/mol. The van der Waals surface area contributed by atoms with Gasteiger partial charge < -0.3 is 25.0 Å². The number of likely N-dealkylation sites (N-methyl/N-ethyl adjacent to an activating group) is 1. The smallest absolute Gasteiger partial charge is 0.247 e. The number of carbonyl (C=O) groups excluding carboxylic acids is 1. The Hall–Kier alpha value is -4.57. The van der Waals surface area contributed by atoms with Crippen molar-refractivity contribution in [3.63, 3.8) is 0 Å². The number of aromatic nitrogens is 3. The molecule has 0 bridgehead atoms. The number of halogens is 1. The summed E-state index contributed by atoms with van der Waals surface area (Å²) in [6.07, 6.45) is 4.31. The van der Waals surface area contributed by atoms with E-state index < -0.39 is 5.82 Å². The Morgan fingerprint density at radius 1 is 1.11 bits per heavy atom. The lowest BCUT2D eigenvalue weighted by Gasteiger charge is -2.34. The van der Waals surface area contributed by atoms with Crippen molar-refractivity contribution in [3.05, 3.63) is 89.1 Å². The zero-order chi connectivity index (χ0) is 26.8. The van der Waals surface area contributed by atoms with E-state index in [1.807, 2.05) is 12.1 Å². The highest BCUT2D eigenvalue weighted by Crippen LogP contribution is 2.26. The molecule has 1 amide bonds. The van der Waals surface area contributed by atoms with Gasteiger partial charge in [0, 0.05) is 61.2 Å². The predicted octanol–water partition coefficient (Wildman–Crippen LogP) is 3.85. The second-order valence-corrected chi connectivity index (χ2v) is 9.27. The van der Waals surface area contributed by atoms with Gasteiger partial charge in [-0.15, -0.1) is 0 Å². The first kappa shape index (κ1) is 25.1. The number of fused-ring (bicyclic) bond motifs is 1. The van der Waals surface area contributed by atoms with Gasteiger partial charge in [-0.3, -0.25) is 9.59 Å². The minimum atomic E-state index is -0.419. The van der Waals surface area contributed by atoms with Crippen molar-refractivity contribution < 1.29 is 9.18 Å². The molecule has 2 N–H and O–H groups in total. The molecule has 0 radical (unpaired) electrons. The first-order valence-corrected chi connectivity index (χ1v) is 12.3. The van der Waals surface area contributed by atoms with Crippen LogP contribution in [-0.4, -0.2) is 58.6 Å². The van der Waals surface area contributed by atoms with E-state index in [4.69, 9.17) is 0 Å². The van der Waals surface area contributed by atoms with Crippen molar-refractivity contribution in [1.29, 1.82) is 0 Å². The van der Waals surface area contributed by atoms with Crippen LogP contribution in [0.5, 0.6) is 0 Å². The molecule has 0 spiro atoms. The molecule has 1 aliphatic heterocycles. The normalized spacial score (nSPS) is 13.9. The third-order valence-electron chi connectivity index (χ3n) is 6.57. The summed E-state index contributed by atoms with van der Waals surface area (Å²) in [7, 11) is 2.08. The Morgan fingerprint density at radius 3 is 2.63 bits per heavy atom. The van der Waals surface area contributed by atoms with Gasteiger partial charge in [0.1, 0.15) is 5.82 Å². The Bertz CT molecular complexity index is 1590. The zero-order valence-electron chi connectivity index (χ0n) is 21.2. The van der Waals surface area contributed by atoms with E-state index in [-0.39, 0.29) is 23.0 Å². The number of nitrogens with zero attached hydrogens (tertiary/aromatic N) is 5. The van der Waals surface area contributed by atoms with Crippen molar-refractivity contribution in [3.8, 4) is 5.69 Å². The Kier molecular flexibility index (Phi) is 6.89. The maximum Gasteiger partial charge on any atom is 0.247 e. The van der Waals surface area contributed by atoms with Crippen LogP contribution in [0.2, 0.25) is 0 Å². The van der Waals surface area contributed by atoms with E-state index in [2.05, 4.69) is 44.0 Å². The summed E-state index contributed by atoms with van der Waals surface area (Å²) in [6.45, 7) is 8.72. The molecule has 0 unspecified atom stereocenters. The largest absolute Gasteiger partial charge is 0.369 e. The quantitative estimate of drug-likeness (QED) is 0.378. The zero-order valence-corrected chi connectivity index (χ0v) is 21.2. The number of carbonyl (C=O) groups is 1. The minimum Gasteiger partial charge on any atom is -0.369 e. The minimum absolute atomic E-state index is 0.150. The number of pyridine rings is 1. The molecule has 5 rings (SSSR count). The van der Waals surface area contributed by atoms with Gasteiger partial charge in [-0.05, 0) is 56.4 Å². The standard InChI is InChI=1S/C28H28FN7O2/c1-4-25(37)31-19-6-5-7-21(14-19)36-17-18(2)26(38)22-16-30-28(33-27(22)36)32-24-9-8-20(15-23(24)29)35-12-10-34(3)11-13-35/h4-9,14-17H,1,10-13H2,2-3H3,(H,31,37)(H,30,32,33). The molecule has 10 heteroatoms. The molecular formula is C28H28FN7O2. The molecule has 1 saturated heterocycles. The van der Waals surface area contributed by atoms with E-state index in [0.717, 1.165) is 31.9 Å². The molecule has 194 valence electrons. The number of hydrogen-bond acceptors (Lipinski definition) is 7. The molecule has 9 nitrogen and oxygen atoms in total. The Morgan fingerprint density at radius 2 is 1.89 bits per heavy atom. The van der Waals surface area contributed by atoms with Crippen LogP contribution in [0.1, 0.15) is 5.56 Å². The number of nitrogens with one attached hydrogen (secondary N) is 2. The van der Waals surface area contributed by atoms with E-state index in [1.54, 1.807) is 42.0 Å². The van der Waals surface area contributed by atoms with E-state index in [0.29, 0.717) is 28.0 Å². The van der Waals surface area contributed by atoms with Crippen LogP contribution in [-0.2, 0) is 4.79 Å². The number of aryl methyl sites for hydroxylation is 1. The van der Waals surface area contributed by atoms with Crippen molar-refractivity contribution in [1.82, 2.24) is 19.4 Å². The van der Waals surface area contributed by atoms with Crippen molar-refractivity contribution >= 4 is 40.0 Å². The topological polar surface area (TPSA) is 95.4 Å². The number of piperazine rings is 1. The Labute approximate surface area is 219 Å². The van der Waals surface area contributed by atoms with Crippen LogP contribution in [0.3, 0.4) is 0 Å². The Balaban J connectivity index is 1.49. The van der Waals surface area contributed by atoms with E-state index >= 15 is 4.39 Å². The summed E-state index contributed by atoms with van der Waals surface area (Å²) in [5.41, 5.74) is 2.96. The molecule has 2 aromatic heterocycles. The van der Waals surface area contributed by atoms with Crippen LogP contribution in [0.25, 0.3) is 16.7 Å². The van der Waals surface area contributed by atoms with Crippen LogP contribution in [0.4, 0.5) is 27.4 Å². The number of benzene rings is 2. The highest BCUT2D eigenvalue weighted by molar-refractivity contribution is 5.99. The molecule has 2 aromatic carbocycles. The highest BCUT2D eigenvalue weighted by atomic mass is 19.1.